The van der Waals surface area contributed by atoms with Gasteiger partial charge in [-0.15, -0.1) is 23.1 Å². The summed E-state index contributed by atoms with van der Waals surface area (Å²) in [5.41, 5.74) is 4.01. The number of aryl methyl sites for hydroxylation is 1. The summed E-state index contributed by atoms with van der Waals surface area (Å²) in [6.07, 6.45) is 2.02. The normalized spacial score (nSPS) is 11.5. The van der Waals surface area contributed by atoms with Crippen molar-refractivity contribution < 1.29 is 4.79 Å². The van der Waals surface area contributed by atoms with Gasteiger partial charge < -0.3 is 0 Å². The first-order valence-corrected chi connectivity index (χ1v) is 7.97. The van der Waals surface area contributed by atoms with Gasteiger partial charge in [-0.05, 0) is 24.3 Å². The minimum absolute atomic E-state index is 0.0963. The van der Waals surface area contributed by atoms with Crippen molar-refractivity contribution in [2.75, 3.05) is 5.75 Å². The van der Waals surface area contributed by atoms with Crippen molar-refractivity contribution in [2.45, 2.75) is 25.0 Å². The predicted octanol–water partition coefficient (Wildman–Crippen LogP) is 4.17. The first kappa shape index (κ1) is 12.7. The molecule has 0 amide bonds. The third-order valence-corrected chi connectivity index (χ3v) is 5.45. The number of hydrogen-bond donors (Lipinski definition) is 0. The molecule has 0 aliphatic rings. The van der Waals surface area contributed by atoms with Gasteiger partial charge in [-0.3, -0.25) is 9.20 Å². The third-order valence-electron chi connectivity index (χ3n) is 3.04. The van der Waals surface area contributed by atoms with E-state index in [2.05, 4.69) is 16.3 Å². The second kappa shape index (κ2) is 4.65. The topological polar surface area (TPSA) is 34.4 Å². The van der Waals surface area contributed by atoms with Crippen molar-refractivity contribution >= 4 is 45.6 Å². The van der Waals surface area contributed by atoms with Gasteiger partial charge in [0.25, 0.3) is 0 Å². The molecule has 0 radical (unpaired) electrons. The van der Waals surface area contributed by atoms with E-state index >= 15 is 0 Å². The zero-order valence-corrected chi connectivity index (χ0v) is 12.7. The van der Waals surface area contributed by atoms with Gasteiger partial charge >= 0.3 is 0 Å². The summed E-state index contributed by atoms with van der Waals surface area (Å²) in [6.45, 7) is 5.78. The molecule has 0 saturated heterocycles. The van der Waals surface area contributed by atoms with Crippen molar-refractivity contribution in [3.8, 4) is 0 Å². The summed E-state index contributed by atoms with van der Waals surface area (Å²) in [5.74, 6) is 1.09. The van der Waals surface area contributed by atoms with Crippen LogP contribution in [-0.4, -0.2) is 20.9 Å². The smallest absolute Gasteiger partial charge is 0.172 e. The molecule has 5 heteroatoms. The van der Waals surface area contributed by atoms with Gasteiger partial charge in [-0.25, -0.2) is 4.98 Å². The van der Waals surface area contributed by atoms with E-state index < -0.39 is 0 Å². The average molecular weight is 290 g/mol. The number of pyridine rings is 1. The molecule has 0 fully saturated rings. The van der Waals surface area contributed by atoms with Gasteiger partial charge in [0.2, 0.25) is 0 Å². The molecular weight excluding hydrogens is 276 g/mol. The lowest BCUT2D eigenvalue weighted by Crippen LogP contribution is -1.87. The molecule has 19 heavy (non-hydrogen) atoms. The van der Waals surface area contributed by atoms with Crippen molar-refractivity contribution in [1.82, 2.24) is 9.38 Å². The van der Waals surface area contributed by atoms with E-state index in [1.165, 1.54) is 4.21 Å². The SMILES string of the molecule is CCSc1sc(C(C)=O)c2nc3c(C)cccn3c12. The van der Waals surface area contributed by atoms with Gasteiger partial charge in [0, 0.05) is 13.1 Å². The van der Waals surface area contributed by atoms with Crippen molar-refractivity contribution in [2.24, 2.45) is 0 Å². The molecule has 0 atom stereocenters. The maximum atomic E-state index is 11.8. The van der Waals surface area contributed by atoms with Crippen molar-refractivity contribution in [3.63, 3.8) is 0 Å². The number of imidazole rings is 1. The largest absolute Gasteiger partial charge is 0.298 e. The van der Waals surface area contributed by atoms with E-state index in [4.69, 9.17) is 0 Å². The Labute approximate surface area is 119 Å². The van der Waals surface area contributed by atoms with Crippen LogP contribution in [0.1, 0.15) is 29.1 Å². The zero-order valence-electron chi connectivity index (χ0n) is 11.1. The molecule has 3 aromatic rings. The first-order chi connectivity index (χ1) is 9.13. The Morgan fingerprint density at radius 1 is 1.53 bits per heavy atom. The molecule has 0 aromatic carbocycles. The Bertz CT molecular complexity index is 786. The highest BCUT2D eigenvalue weighted by Gasteiger charge is 2.20. The van der Waals surface area contributed by atoms with Crippen LogP contribution in [0.3, 0.4) is 0 Å². The summed E-state index contributed by atoms with van der Waals surface area (Å²) in [7, 11) is 0. The predicted molar refractivity (Wildman–Crippen MR) is 81.7 cm³/mol. The van der Waals surface area contributed by atoms with Crippen molar-refractivity contribution in [3.05, 3.63) is 28.8 Å². The van der Waals surface area contributed by atoms with Gasteiger partial charge in [-0.1, -0.05) is 13.0 Å². The lowest BCUT2D eigenvalue weighted by atomic mass is 10.3. The molecule has 3 nitrogen and oxygen atoms in total. The Kier molecular flexibility index (Phi) is 3.11. The molecule has 0 saturated carbocycles. The summed E-state index contributed by atoms with van der Waals surface area (Å²) in [5, 5.41) is 0. The third kappa shape index (κ3) is 1.88. The van der Waals surface area contributed by atoms with Crippen LogP contribution in [0.15, 0.2) is 22.5 Å². The fourth-order valence-corrected chi connectivity index (χ4v) is 4.51. The number of thioether (sulfide) groups is 1. The molecule has 0 bridgehead atoms. The Balaban J connectivity index is 2.46. The van der Waals surface area contributed by atoms with E-state index in [9.17, 15) is 4.79 Å². The maximum Gasteiger partial charge on any atom is 0.172 e. The summed E-state index contributed by atoms with van der Waals surface area (Å²) < 4.78 is 3.28. The standard InChI is InChI=1S/C14H14N2OS2/c1-4-18-14-11-10(12(19-14)9(3)17)15-13-8(2)6-5-7-16(11)13/h5-7H,4H2,1-3H3. The van der Waals surface area contributed by atoms with E-state index in [0.29, 0.717) is 0 Å². The maximum absolute atomic E-state index is 11.8. The minimum atomic E-state index is 0.0963. The molecule has 0 unspecified atom stereocenters. The van der Waals surface area contributed by atoms with Crippen LogP contribution >= 0.6 is 23.1 Å². The number of rotatable bonds is 3. The molecule has 3 rings (SSSR count). The van der Waals surface area contributed by atoms with Gasteiger partial charge in [0.1, 0.15) is 11.2 Å². The van der Waals surface area contributed by atoms with E-state index in [1.807, 2.05) is 25.3 Å². The Hall–Kier alpha value is -1.33. The number of nitrogens with zero attached hydrogens (tertiary/aromatic N) is 2. The van der Waals surface area contributed by atoms with E-state index in [0.717, 1.165) is 32.9 Å². The zero-order chi connectivity index (χ0) is 13.6. The summed E-state index contributed by atoms with van der Waals surface area (Å²) in [6, 6.07) is 4.07. The second-order valence-corrected chi connectivity index (χ2v) is 6.95. The highest BCUT2D eigenvalue weighted by molar-refractivity contribution is 8.01. The number of hydrogen-bond acceptors (Lipinski definition) is 4. The molecule has 0 aliphatic carbocycles. The van der Waals surface area contributed by atoms with Crippen LogP contribution in [0.5, 0.6) is 0 Å². The van der Waals surface area contributed by atoms with Crippen LogP contribution in [0.4, 0.5) is 0 Å². The van der Waals surface area contributed by atoms with Crippen LogP contribution in [0.25, 0.3) is 16.7 Å². The van der Waals surface area contributed by atoms with Crippen LogP contribution < -0.4 is 0 Å². The molecule has 98 valence electrons. The minimum Gasteiger partial charge on any atom is -0.298 e. The van der Waals surface area contributed by atoms with E-state index in [1.54, 1.807) is 30.0 Å². The number of fused-ring (bicyclic) bond motifs is 3. The highest BCUT2D eigenvalue weighted by atomic mass is 32.2. The first-order valence-electron chi connectivity index (χ1n) is 6.17. The van der Waals surface area contributed by atoms with Crippen LogP contribution in [-0.2, 0) is 0 Å². The molecule has 3 heterocycles. The molecule has 0 spiro atoms. The number of carbonyl (C=O) groups excluding carboxylic acids is 1. The summed E-state index contributed by atoms with van der Waals surface area (Å²) >= 11 is 3.34. The Morgan fingerprint density at radius 2 is 2.32 bits per heavy atom. The van der Waals surface area contributed by atoms with Gasteiger partial charge in [0.05, 0.1) is 14.6 Å². The fourth-order valence-electron chi connectivity index (χ4n) is 2.21. The van der Waals surface area contributed by atoms with Crippen molar-refractivity contribution in [1.29, 1.82) is 0 Å². The van der Waals surface area contributed by atoms with Crippen LogP contribution in [0, 0.1) is 6.92 Å². The highest BCUT2D eigenvalue weighted by Crippen LogP contribution is 2.39. The number of Topliss-reactive ketones (excluding diaryl/α,β-unsaturated/α-hetero) is 1. The number of carbonyl (C=O) groups is 1. The number of thiophene rings is 1. The van der Waals surface area contributed by atoms with Crippen LogP contribution in [0.2, 0.25) is 0 Å². The van der Waals surface area contributed by atoms with E-state index in [-0.39, 0.29) is 5.78 Å². The molecular formula is C14H14N2OS2. The lowest BCUT2D eigenvalue weighted by molar-refractivity contribution is 0.102. The number of aromatic nitrogens is 2. The fraction of sp³-hybridized carbons (Fsp3) is 0.286. The molecule has 0 N–H and O–H groups in total. The lowest BCUT2D eigenvalue weighted by Gasteiger charge is -1.99. The summed E-state index contributed by atoms with van der Waals surface area (Å²) in [4.78, 5) is 17.2. The number of ketones is 1. The van der Waals surface area contributed by atoms with Gasteiger partial charge in [-0.2, -0.15) is 0 Å². The molecule has 3 aromatic heterocycles. The monoisotopic (exact) mass is 290 g/mol. The van der Waals surface area contributed by atoms with Gasteiger partial charge in [0.15, 0.2) is 5.78 Å². The second-order valence-electron chi connectivity index (χ2n) is 4.40. The Morgan fingerprint density at radius 3 is 3.00 bits per heavy atom. The average Bonchev–Trinajstić information content (AvgIpc) is 2.89. The molecule has 0 aliphatic heterocycles. The quantitative estimate of drug-likeness (QED) is 0.536.